The molecule has 0 amide bonds. The van der Waals surface area contributed by atoms with Gasteiger partial charge in [0.05, 0.1) is 22.4 Å². The van der Waals surface area contributed by atoms with E-state index in [2.05, 4.69) is 30.3 Å². The Morgan fingerprint density at radius 2 is 1.48 bits per heavy atom. The molecule has 0 aliphatic carbocycles. The lowest BCUT2D eigenvalue weighted by Crippen LogP contribution is -1.95. The second-order valence-corrected chi connectivity index (χ2v) is 5.18. The van der Waals surface area contributed by atoms with Crippen molar-refractivity contribution in [1.82, 2.24) is 9.97 Å². The predicted octanol–water partition coefficient (Wildman–Crippen LogP) is 4.76. The minimum absolute atomic E-state index is 0.950. The number of aryl methyl sites for hydroxylation is 1. The zero-order valence-electron chi connectivity index (χ0n) is 11.7. The molecule has 4 rings (SSSR count). The molecule has 1 aromatic heterocycles. The van der Waals surface area contributed by atoms with Crippen LogP contribution >= 0.6 is 0 Å². The minimum Gasteiger partial charge on any atom is -0.249 e. The summed E-state index contributed by atoms with van der Waals surface area (Å²) >= 11 is 0. The third-order valence-corrected chi connectivity index (χ3v) is 3.78. The molecule has 0 saturated heterocycles. The number of hydrogen-bond donors (Lipinski definition) is 0. The maximum atomic E-state index is 4.91. The molecule has 0 radical (unpaired) electrons. The van der Waals surface area contributed by atoms with Crippen molar-refractivity contribution < 1.29 is 0 Å². The van der Waals surface area contributed by atoms with Crippen LogP contribution in [0.3, 0.4) is 0 Å². The van der Waals surface area contributed by atoms with Gasteiger partial charge in [-0.25, -0.2) is 9.97 Å². The number of rotatable bonds is 1. The van der Waals surface area contributed by atoms with E-state index >= 15 is 0 Å². The monoisotopic (exact) mass is 270 g/mol. The molecule has 0 spiro atoms. The van der Waals surface area contributed by atoms with Crippen molar-refractivity contribution in [2.45, 2.75) is 6.92 Å². The standard InChI is InChI=1S/C19H14N2/c1-13-18(15-8-3-2-4-9-15)21-19-16-10-6-5-7-14(16)11-12-17(19)20-13/h2-12H,1H3. The molecule has 2 heteroatoms. The average Bonchev–Trinajstić information content (AvgIpc) is 2.55. The van der Waals surface area contributed by atoms with E-state index in [0.717, 1.165) is 33.4 Å². The Morgan fingerprint density at radius 1 is 0.714 bits per heavy atom. The summed E-state index contributed by atoms with van der Waals surface area (Å²) in [7, 11) is 0. The predicted molar refractivity (Wildman–Crippen MR) is 87.2 cm³/mol. The second kappa shape index (κ2) is 4.67. The lowest BCUT2D eigenvalue weighted by atomic mass is 10.1. The molecule has 0 aliphatic rings. The number of benzene rings is 3. The summed E-state index contributed by atoms with van der Waals surface area (Å²) in [6.45, 7) is 2.02. The van der Waals surface area contributed by atoms with Crippen molar-refractivity contribution in [2.24, 2.45) is 0 Å². The van der Waals surface area contributed by atoms with Crippen LogP contribution in [0, 0.1) is 6.92 Å². The van der Waals surface area contributed by atoms with Crippen molar-refractivity contribution in [3.05, 3.63) is 72.4 Å². The van der Waals surface area contributed by atoms with Crippen LogP contribution in [-0.2, 0) is 0 Å². The van der Waals surface area contributed by atoms with Gasteiger partial charge < -0.3 is 0 Å². The normalized spacial score (nSPS) is 11.1. The van der Waals surface area contributed by atoms with Gasteiger partial charge in [-0.3, -0.25) is 0 Å². The van der Waals surface area contributed by atoms with Crippen LogP contribution in [0.1, 0.15) is 5.69 Å². The summed E-state index contributed by atoms with van der Waals surface area (Å²) < 4.78 is 0. The number of aromatic nitrogens is 2. The van der Waals surface area contributed by atoms with Crippen LogP contribution in [0.15, 0.2) is 66.7 Å². The number of hydrogen-bond acceptors (Lipinski definition) is 2. The Morgan fingerprint density at radius 3 is 2.33 bits per heavy atom. The Hall–Kier alpha value is -2.74. The van der Waals surface area contributed by atoms with Gasteiger partial charge >= 0.3 is 0 Å². The van der Waals surface area contributed by atoms with Crippen LogP contribution in [0.5, 0.6) is 0 Å². The van der Waals surface area contributed by atoms with E-state index in [4.69, 9.17) is 9.97 Å². The largest absolute Gasteiger partial charge is 0.249 e. The van der Waals surface area contributed by atoms with Crippen molar-refractivity contribution >= 4 is 21.8 Å². The maximum Gasteiger partial charge on any atom is 0.0972 e. The first kappa shape index (κ1) is 12.0. The molecule has 2 nitrogen and oxygen atoms in total. The van der Waals surface area contributed by atoms with E-state index < -0.39 is 0 Å². The highest BCUT2D eigenvalue weighted by Gasteiger charge is 2.09. The van der Waals surface area contributed by atoms with Crippen LogP contribution in [0.4, 0.5) is 0 Å². The van der Waals surface area contributed by atoms with Crippen molar-refractivity contribution in [1.29, 1.82) is 0 Å². The van der Waals surface area contributed by atoms with E-state index in [1.54, 1.807) is 0 Å². The van der Waals surface area contributed by atoms with Gasteiger partial charge in [-0.15, -0.1) is 0 Å². The highest BCUT2D eigenvalue weighted by Crippen LogP contribution is 2.27. The molecule has 0 fully saturated rings. The Labute approximate surface area is 123 Å². The van der Waals surface area contributed by atoms with Crippen LogP contribution in [-0.4, -0.2) is 9.97 Å². The van der Waals surface area contributed by atoms with Gasteiger partial charge in [0.15, 0.2) is 0 Å². The first-order valence-corrected chi connectivity index (χ1v) is 7.04. The summed E-state index contributed by atoms with van der Waals surface area (Å²) in [6, 6.07) is 22.7. The van der Waals surface area contributed by atoms with E-state index in [1.165, 1.54) is 5.39 Å². The lowest BCUT2D eigenvalue weighted by Gasteiger charge is -2.08. The number of fused-ring (bicyclic) bond motifs is 3. The summed E-state index contributed by atoms with van der Waals surface area (Å²) in [5.74, 6) is 0. The molecule has 4 aromatic rings. The van der Waals surface area contributed by atoms with Crippen LogP contribution in [0.2, 0.25) is 0 Å². The van der Waals surface area contributed by atoms with Gasteiger partial charge in [0.1, 0.15) is 0 Å². The van der Waals surface area contributed by atoms with Gasteiger partial charge in [0.2, 0.25) is 0 Å². The molecule has 0 aliphatic heterocycles. The third kappa shape index (κ3) is 1.96. The minimum atomic E-state index is 0.950. The number of nitrogens with zero attached hydrogens (tertiary/aromatic N) is 2. The van der Waals surface area contributed by atoms with E-state index in [9.17, 15) is 0 Å². The molecule has 0 saturated carbocycles. The van der Waals surface area contributed by atoms with Gasteiger partial charge in [-0.1, -0.05) is 60.7 Å². The van der Waals surface area contributed by atoms with Crippen molar-refractivity contribution in [3.63, 3.8) is 0 Å². The SMILES string of the molecule is Cc1nc2ccc3ccccc3c2nc1-c1ccccc1. The zero-order chi connectivity index (χ0) is 14.2. The highest BCUT2D eigenvalue weighted by atomic mass is 14.8. The quantitative estimate of drug-likeness (QED) is 0.466. The molecule has 0 N–H and O–H groups in total. The summed E-state index contributed by atoms with van der Waals surface area (Å²) in [5, 5.41) is 2.35. The molecular weight excluding hydrogens is 256 g/mol. The molecule has 3 aromatic carbocycles. The maximum absolute atomic E-state index is 4.91. The van der Waals surface area contributed by atoms with Crippen LogP contribution in [0.25, 0.3) is 33.1 Å². The molecule has 21 heavy (non-hydrogen) atoms. The molecule has 0 atom stereocenters. The fourth-order valence-corrected chi connectivity index (χ4v) is 2.75. The average molecular weight is 270 g/mol. The highest BCUT2D eigenvalue weighted by molar-refractivity contribution is 6.04. The topological polar surface area (TPSA) is 25.8 Å². The van der Waals surface area contributed by atoms with Crippen LogP contribution < -0.4 is 0 Å². The van der Waals surface area contributed by atoms with Gasteiger partial charge in [-0.05, 0) is 18.4 Å². The second-order valence-electron chi connectivity index (χ2n) is 5.18. The van der Waals surface area contributed by atoms with E-state index in [-0.39, 0.29) is 0 Å². The summed E-state index contributed by atoms with van der Waals surface area (Å²) in [6.07, 6.45) is 0. The lowest BCUT2D eigenvalue weighted by molar-refractivity contribution is 1.19. The molecular formula is C19H14N2. The molecule has 1 heterocycles. The fourth-order valence-electron chi connectivity index (χ4n) is 2.75. The van der Waals surface area contributed by atoms with Crippen molar-refractivity contribution in [2.75, 3.05) is 0 Å². The smallest absolute Gasteiger partial charge is 0.0972 e. The molecule has 0 unspecified atom stereocenters. The third-order valence-electron chi connectivity index (χ3n) is 3.78. The first-order valence-electron chi connectivity index (χ1n) is 7.04. The molecule has 100 valence electrons. The van der Waals surface area contributed by atoms with Gasteiger partial charge in [0.25, 0.3) is 0 Å². The summed E-state index contributed by atoms with van der Waals surface area (Å²) in [4.78, 5) is 9.65. The Kier molecular flexibility index (Phi) is 2.68. The van der Waals surface area contributed by atoms with E-state index in [0.29, 0.717) is 0 Å². The first-order chi connectivity index (χ1) is 10.3. The van der Waals surface area contributed by atoms with Gasteiger partial charge in [-0.2, -0.15) is 0 Å². The fraction of sp³-hybridized carbons (Fsp3) is 0.0526. The van der Waals surface area contributed by atoms with Crippen molar-refractivity contribution in [3.8, 4) is 11.3 Å². The Balaban J connectivity index is 2.09. The Bertz CT molecular complexity index is 943. The zero-order valence-corrected chi connectivity index (χ0v) is 11.7. The van der Waals surface area contributed by atoms with E-state index in [1.807, 2.05) is 43.3 Å². The van der Waals surface area contributed by atoms with Gasteiger partial charge in [0, 0.05) is 10.9 Å². The summed E-state index contributed by atoms with van der Waals surface area (Å²) in [5.41, 5.74) is 4.95. The molecule has 0 bridgehead atoms.